The number of halogens is 1. The number of rotatable bonds is 2. The Morgan fingerprint density at radius 2 is 2.06 bits per heavy atom. The summed E-state index contributed by atoms with van der Waals surface area (Å²) in [5, 5.41) is 1.14. The van der Waals surface area contributed by atoms with Crippen LogP contribution in [0.15, 0.2) is 16.9 Å². The smallest absolute Gasteiger partial charge is 0.261 e. The molecule has 0 saturated carbocycles. The number of fused-ring (bicyclic) bond motifs is 1. The fourth-order valence-corrected chi connectivity index (χ4v) is 2.41. The molecule has 18 heavy (non-hydrogen) atoms. The van der Waals surface area contributed by atoms with E-state index in [2.05, 4.69) is 0 Å². The van der Waals surface area contributed by atoms with E-state index in [-0.39, 0.29) is 11.1 Å². The lowest BCUT2D eigenvalue weighted by Gasteiger charge is -2.14. The predicted molar refractivity (Wildman–Crippen MR) is 70.9 cm³/mol. The van der Waals surface area contributed by atoms with Crippen LogP contribution in [-0.4, -0.2) is 18.0 Å². The maximum absolute atomic E-state index is 12.0. The molecule has 0 fully saturated rings. The lowest BCUT2D eigenvalue weighted by atomic mass is 10.0. The Kier molecular flexibility index (Phi) is 3.13. The van der Waals surface area contributed by atoms with Gasteiger partial charge in [0.05, 0.1) is 23.2 Å². The van der Waals surface area contributed by atoms with Crippen molar-refractivity contribution >= 4 is 28.8 Å². The SMILES string of the molecule is COc1ccc(Cl)c2c1c(C)c(C=O)c(=O)n2C. The summed E-state index contributed by atoms with van der Waals surface area (Å²) in [5.41, 5.74) is 0.933. The number of methoxy groups -OCH3 is 1. The molecule has 0 N–H and O–H groups in total. The number of aldehydes is 1. The highest BCUT2D eigenvalue weighted by Crippen LogP contribution is 2.33. The number of nitrogens with zero attached hydrogens (tertiary/aromatic N) is 1. The van der Waals surface area contributed by atoms with E-state index in [1.165, 1.54) is 11.7 Å². The van der Waals surface area contributed by atoms with E-state index in [4.69, 9.17) is 16.3 Å². The summed E-state index contributed by atoms with van der Waals surface area (Å²) in [6.07, 6.45) is 0.567. The third kappa shape index (κ3) is 1.61. The fourth-order valence-electron chi connectivity index (χ4n) is 2.12. The molecule has 0 amide bonds. The van der Waals surface area contributed by atoms with Crippen LogP contribution in [0.4, 0.5) is 0 Å². The van der Waals surface area contributed by atoms with Crippen LogP contribution < -0.4 is 10.3 Å². The minimum absolute atomic E-state index is 0.130. The molecule has 2 aromatic rings. The zero-order valence-electron chi connectivity index (χ0n) is 10.3. The van der Waals surface area contributed by atoms with E-state index >= 15 is 0 Å². The van der Waals surface area contributed by atoms with Gasteiger partial charge in [0.1, 0.15) is 5.75 Å². The Hall–Kier alpha value is -1.81. The number of aryl methyl sites for hydroxylation is 2. The molecule has 94 valence electrons. The first-order chi connectivity index (χ1) is 8.52. The van der Waals surface area contributed by atoms with Crippen molar-refractivity contribution in [2.75, 3.05) is 7.11 Å². The number of hydrogen-bond acceptors (Lipinski definition) is 3. The molecular weight excluding hydrogens is 254 g/mol. The van der Waals surface area contributed by atoms with Crippen LogP contribution in [-0.2, 0) is 7.05 Å². The molecule has 2 rings (SSSR count). The molecular formula is C13H12ClNO3. The van der Waals surface area contributed by atoms with Gasteiger partial charge in [-0.2, -0.15) is 0 Å². The van der Waals surface area contributed by atoms with Crippen molar-refractivity contribution in [3.8, 4) is 5.75 Å². The van der Waals surface area contributed by atoms with Gasteiger partial charge in [-0.1, -0.05) is 11.6 Å². The monoisotopic (exact) mass is 265 g/mol. The molecule has 0 aliphatic carbocycles. The molecule has 4 nitrogen and oxygen atoms in total. The second kappa shape index (κ2) is 4.46. The molecule has 1 aromatic carbocycles. The summed E-state index contributed by atoms with van der Waals surface area (Å²) in [4.78, 5) is 23.1. The molecule has 1 heterocycles. The lowest BCUT2D eigenvalue weighted by Crippen LogP contribution is -2.23. The van der Waals surface area contributed by atoms with Crippen LogP contribution in [0.1, 0.15) is 15.9 Å². The minimum Gasteiger partial charge on any atom is -0.496 e. The van der Waals surface area contributed by atoms with Gasteiger partial charge in [-0.05, 0) is 24.6 Å². The Labute approximate surface area is 109 Å². The van der Waals surface area contributed by atoms with E-state index in [0.717, 1.165) is 0 Å². The average Bonchev–Trinajstić information content (AvgIpc) is 2.36. The quantitative estimate of drug-likeness (QED) is 0.783. The van der Waals surface area contributed by atoms with Gasteiger partial charge in [-0.25, -0.2) is 0 Å². The average molecular weight is 266 g/mol. The van der Waals surface area contributed by atoms with Crippen molar-refractivity contribution in [1.82, 2.24) is 4.57 Å². The van der Waals surface area contributed by atoms with Crippen LogP contribution in [0, 0.1) is 6.92 Å². The molecule has 1 aromatic heterocycles. The zero-order chi connectivity index (χ0) is 13.4. The molecule has 0 unspecified atom stereocenters. The van der Waals surface area contributed by atoms with Crippen molar-refractivity contribution in [3.05, 3.63) is 38.6 Å². The van der Waals surface area contributed by atoms with E-state index in [0.29, 0.717) is 33.5 Å². The van der Waals surface area contributed by atoms with Gasteiger partial charge in [-0.3, -0.25) is 9.59 Å². The van der Waals surface area contributed by atoms with Crippen molar-refractivity contribution in [2.24, 2.45) is 7.05 Å². The third-order valence-electron chi connectivity index (χ3n) is 3.08. The van der Waals surface area contributed by atoms with Gasteiger partial charge in [0.25, 0.3) is 5.56 Å². The summed E-state index contributed by atoms with van der Waals surface area (Å²) < 4.78 is 6.64. The van der Waals surface area contributed by atoms with Crippen LogP contribution >= 0.6 is 11.6 Å². The highest BCUT2D eigenvalue weighted by molar-refractivity contribution is 6.35. The van der Waals surface area contributed by atoms with E-state index in [9.17, 15) is 9.59 Å². The molecule has 0 atom stereocenters. The molecule has 0 aliphatic rings. The molecule has 0 saturated heterocycles. The summed E-state index contributed by atoms with van der Waals surface area (Å²) in [7, 11) is 3.12. The maximum Gasteiger partial charge on any atom is 0.261 e. The van der Waals surface area contributed by atoms with Crippen molar-refractivity contribution < 1.29 is 9.53 Å². The normalized spacial score (nSPS) is 10.7. The minimum atomic E-state index is -0.356. The summed E-state index contributed by atoms with van der Waals surface area (Å²) in [5.74, 6) is 0.589. The molecule has 0 bridgehead atoms. The van der Waals surface area contributed by atoms with Crippen LogP contribution in [0.5, 0.6) is 5.75 Å². The molecule has 0 aliphatic heterocycles. The Morgan fingerprint density at radius 3 is 2.61 bits per heavy atom. The van der Waals surface area contributed by atoms with Crippen LogP contribution in [0.3, 0.4) is 0 Å². The zero-order valence-corrected chi connectivity index (χ0v) is 11.0. The van der Waals surface area contributed by atoms with Gasteiger partial charge < -0.3 is 9.30 Å². The molecule has 0 radical (unpaired) electrons. The van der Waals surface area contributed by atoms with Gasteiger partial charge >= 0.3 is 0 Å². The van der Waals surface area contributed by atoms with E-state index in [1.807, 2.05) is 0 Å². The van der Waals surface area contributed by atoms with E-state index in [1.54, 1.807) is 26.1 Å². The number of ether oxygens (including phenoxy) is 1. The third-order valence-corrected chi connectivity index (χ3v) is 3.38. The first-order valence-electron chi connectivity index (χ1n) is 5.33. The van der Waals surface area contributed by atoms with Gasteiger partial charge in [0, 0.05) is 12.4 Å². The standard InChI is InChI=1S/C13H12ClNO3/c1-7-8(6-16)13(17)15(2)12-9(14)4-5-10(18-3)11(7)12/h4-6H,1-3H3. The molecule has 5 heteroatoms. The number of aromatic nitrogens is 1. The summed E-state index contributed by atoms with van der Waals surface area (Å²) in [6.45, 7) is 1.71. The lowest BCUT2D eigenvalue weighted by molar-refractivity contribution is 0.112. The predicted octanol–water partition coefficient (Wildman–Crippen LogP) is 2.32. The number of carbonyl (C=O) groups excluding carboxylic acids is 1. The Bertz CT molecular complexity index is 704. The van der Waals surface area contributed by atoms with Crippen LogP contribution in [0.25, 0.3) is 10.9 Å². The topological polar surface area (TPSA) is 48.3 Å². The van der Waals surface area contributed by atoms with Crippen molar-refractivity contribution in [3.63, 3.8) is 0 Å². The first-order valence-corrected chi connectivity index (χ1v) is 5.71. The Morgan fingerprint density at radius 1 is 1.39 bits per heavy atom. The number of benzene rings is 1. The fraction of sp³-hybridized carbons (Fsp3) is 0.231. The second-order valence-electron chi connectivity index (χ2n) is 3.99. The first kappa shape index (κ1) is 12.6. The highest BCUT2D eigenvalue weighted by atomic mass is 35.5. The summed E-state index contributed by atoms with van der Waals surface area (Å²) in [6, 6.07) is 3.39. The van der Waals surface area contributed by atoms with Crippen molar-refractivity contribution in [2.45, 2.75) is 6.92 Å². The number of hydrogen-bond donors (Lipinski definition) is 0. The van der Waals surface area contributed by atoms with Gasteiger partial charge in [-0.15, -0.1) is 0 Å². The molecule has 0 spiro atoms. The highest BCUT2D eigenvalue weighted by Gasteiger charge is 2.17. The number of pyridine rings is 1. The van der Waals surface area contributed by atoms with Crippen molar-refractivity contribution in [1.29, 1.82) is 0 Å². The second-order valence-corrected chi connectivity index (χ2v) is 4.40. The van der Waals surface area contributed by atoms with Gasteiger partial charge in [0.15, 0.2) is 6.29 Å². The van der Waals surface area contributed by atoms with Gasteiger partial charge in [0.2, 0.25) is 0 Å². The largest absolute Gasteiger partial charge is 0.496 e. The number of carbonyl (C=O) groups is 1. The van der Waals surface area contributed by atoms with E-state index < -0.39 is 0 Å². The van der Waals surface area contributed by atoms with Crippen LogP contribution in [0.2, 0.25) is 5.02 Å². The maximum atomic E-state index is 12.0. The Balaban J connectivity index is 3.16. The summed E-state index contributed by atoms with van der Waals surface area (Å²) >= 11 is 6.13.